The molecular weight excluding hydrogens is 483 g/mol. The highest BCUT2D eigenvalue weighted by Gasteiger charge is 2.19. The van der Waals surface area contributed by atoms with Gasteiger partial charge in [-0.3, -0.25) is 15.2 Å². The number of hydrogen-bond acceptors (Lipinski definition) is 5. The van der Waals surface area contributed by atoms with Crippen molar-refractivity contribution in [2.45, 2.75) is 27.2 Å². The number of nitrogens with one attached hydrogen (secondary N) is 1. The second-order valence-electron chi connectivity index (χ2n) is 9.19. The molecule has 0 bridgehead atoms. The highest BCUT2D eigenvalue weighted by atomic mass is 35.5. The number of fused-ring (bicyclic) bond motifs is 1. The van der Waals surface area contributed by atoms with Crippen molar-refractivity contribution in [2.24, 2.45) is 5.92 Å². The van der Waals surface area contributed by atoms with E-state index in [0.717, 1.165) is 56.0 Å². The molecule has 0 unspecified atom stereocenters. The van der Waals surface area contributed by atoms with Gasteiger partial charge in [-0.05, 0) is 61.2 Å². The number of carbonyl (C=O) groups is 1. The zero-order valence-electron chi connectivity index (χ0n) is 20.7. The SMILES string of the molecule is Cc1ccc2c(N3CCN(CCc4cccc(NC(=O)OCC(C)C)c4)CC3)cccc2n1.Cl.Cl. The molecule has 190 valence electrons. The number of halogens is 2. The third-order valence-electron chi connectivity index (χ3n) is 6.00. The topological polar surface area (TPSA) is 57.7 Å². The summed E-state index contributed by atoms with van der Waals surface area (Å²) in [5, 5.41) is 4.06. The molecular formula is C27H36Cl2N4O2. The number of amides is 1. The van der Waals surface area contributed by atoms with Gasteiger partial charge in [-0.25, -0.2) is 4.79 Å². The summed E-state index contributed by atoms with van der Waals surface area (Å²) in [5.74, 6) is 0.323. The number of hydrogen-bond donors (Lipinski definition) is 1. The maximum Gasteiger partial charge on any atom is 0.411 e. The van der Waals surface area contributed by atoms with Gasteiger partial charge in [0, 0.05) is 55.2 Å². The number of rotatable bonds is 7. The van der Waals surface area contributed by atoms with Crippen molar-refractivity contribution in [1.82, 2.24) is 9.88 Å². The molecule has 1 aromatic heterocycles. The zero-order valence-corrected chi connectivity index (χ0v) is 22.3. The van der Waals surface area contributed by atoms with E-state index in [1.807, 2.05) is 39.0 Å². The lowest BCUT2D eigenvalue weighted by molar-refractivity contribution is 0.147. The second-order valence-corrected chi connectivity index (χ2v) is 9.19. The van der Waals surface area contributed by atoms with Gasteiger partial charge in [-0.1, -0.05) is 32.0 Å². The predicted octanol–water partition coefficient (Wildman–Crippen LogP) is 5.96. The lowest BCUT2D eigenvalue weighted by Crippen LogP contribution is -2.47. The molecule has 1 N–H and O–H groups in total. The Balaban J connectivity index is 0.00000216. The van der Waals surface area contributed by atoms with Gasteiger partial charge in [0.2, 0.25) is 0 Å². The smallest absolute Gasteiger partial charge is 0.411 e. The fourth-order valence-electron chi connectivity index (χ4n) is 4.22. The normalized spacial score (nSPS) is 13.8. The first-order valence-electron chi connectivity index (χ1n) is 11.8. The maximum atomic E-state index is 11.9. The molecule has 8 heteroatoms. The van der Waals surface area contributed by atoms with Crippen molar-refractivity contribution in [2.75, 3.05) is 49.5 Å². The van der Waals surface area contributed by atoms with Crippen LogP contribution in [0.2, 0.25) is 0 Å². The van der Waals surface area contributed by atoms with E-state index in [1.165, 1.54) is 16.6 Å². The molecule has 1 fully saturated rings. The number of aryl methyl sites for hydroxylation is 1. The van der Waals surface area contributed by atoms with Crippen LogP contribution in [0.5, 0.6) is 0 Å². The van der Waals surface area contributed by atoms with E-state index in [2.05, 4.69) is 56.5 Å². The predicted molar refractivity (Wildman–Crippen MR) is 150 cm³/mol. The van der Waals surface area contributed by atoms with Crippen molar-refractivity contribution in [3.63, 3.8) is 0 Å². The number of ether oxygens (including phenoxy) is 1. The Labute approximate surface area is 220 Å². The van der Waals surface area contributed by atoms with Gasteiger partial charge in [-0.2, -0.15) is 0 Å². The second kappa shape index (κ2) is 13.5. The number of nitrogens with zero attached hydrogens (tertiary/aromatic N) is 3. The van der Waals surface area contributed by atoms with Crippen LogP contribution < -0.4 is 10.2 Å². The highest BCUT2D eigenvalue weighted by molar-refractivity contribution is 5.92. The Morgan fingerprint density at radius 3 is 2.51 bits per heavy atom. The Hall–Kier alpha value is -2.54. The number of aromatic nitrogens is 1. The molecule has 4 rings (SSSR count). The van der Waals surface area contributed by atoms with Gasteiger partial charge in [0.25, 0.3) is 0 Å². The number of pyridine rings is 1. The van der Waals surface area contributed by atoms with Gasteiger partial charge in [0.1, 0.15) is 0 Å². The van der Waals surface area contributed by atoms with Crippen LogP contribution in [-0.4, -0.2) is 55.3 Å². The molecule has 0 saturated carbocycles. The van der Waals surface area contributed by atoms with Crippen molar-refractivity contribution in [3.05, 3.63) is 65.9 Å². The molecule has 0 aliphatic carbocycles. The Morgan fingerprint density at radius 2 is 1.77 bits per heavy atom. The van der Waals surface area contributed by atoms with Crippen LogP contribution in [0, 0.1) is 12.8 Å². The molecule has 1 amide bonds. The molecule has 2 aromatic carbocycles. The van der Waals surface area contributed by atoms with Crippen LogP contribution in [-0.2, 0) is 11.2 Å². The number of piperazine rings is 1. The summed E-state index contributed by atoms with van der Waals surface area (Å²) in [6, 6.07) is 18.7. The minimum absolute atomic E-state index is 0. The maximum absolute atomic E-state index is 11.9. The quantitative estimate of drug-likeness (QED) is 0.418. The van der Waals surface area contributed by atoms with Crippen LogP contribution in [0.25, 0.3) is 10.9 Å². The fourth-order valence-corrected chi connectivity index (χ4v) is 4.22. The minimum Gasteiger partial charge on any atom is -0.449 e. The average molecular weight is 520 g/mol. The van der Waals surface area contributed by atoms with Crippen molar-refractivity contribution in [1.29, 1.82) is 0 Å². The lowest BCUT2D eigenvalue weighted by atomic mass is 10.1. The lowest BCUT2D eigenvalue weighted by Gasteiger charge is -2.36. The molecule has 0 spiro atoms. The van der Waals surface area contributed by atoms with Crippen molar-refractivity contribution >= 4 is 53.2 Å². The first-order valence-corrected chi connectivity index (χ1v) is 11.8. The van der Waals surface area contributed by atoms with Gasteiger partial charge >= 0.3 is 6.09 Å². The Kier molecular flexibility index (Phi) is 11.1. The molecule has 6 nitrogen and oxygen atoms in total. The van der Waals surface area contributed by atoms with E-state index < -0.39 is 6.09 Å². The molecule has 3 aromatic rings. The summed E-state index contributed by atoms with van der Waals surface area (Å²) < 4.78 is 5.21. The van der Waals surface area contributed by atoms with Crippen LogP contribution in [0.3, 0.4) is 0 Å². The van der Waals surface area contributed by atoms with E-state index in [1.54, 1.807) is 0 Å². The van der Waals surface area contributed by atoms with Gasteiger partial charge in [0.05, 0.1) is 12.1 Å². The van der Waals surface area contributed by atoms with Crippen molar-refractivity contribution < 1.29 is 9.53 Å². The largest absolute Gasteiger partial charge is 0.449 e. The summed E-state index contributed by atoms with van der Waals surface area (Å²) in [4.78, 5) is 21.6. The Bertz CT molecular complexity index is 1100. The summed E-state index contributed by atoms with van der Waals surface area (Å²) in [5.41, 5.74) is 5.40. The molecule has 1 saturated heterocycles. The van der Waals surface area contributed by atoms with E-state index in [4.69, 9.17) is 4.74 Å². The summed E-state index contributed by atoms with van der Waals surface area (Å²) >= 11 is 0. The standard InChI is InChI=1S/C27H34N4O2.2ClH/c1-20(2)19-33-27(32)29-23-7-4-6-22(18-23)12-13-30-14-16-31(17-15-30)26-9-5-8-25-24(26)11-10-21(3)28-25;;/h4-11,18,20H,12-17,19H2,1-3H3,(H,29,32);2*1H. The first-order chi connectivity index (χ1) is 16.0. The summed E-state index contributed by atoms with van der Waals surface area (Å²) in [6.45, 7) is 11.6. The average Bonchev–Trinajstić information content (AvgIpc) is 2.81. The monoisotopic (exact) mass is 518 g/mol. The Morgan fingerprint density at radius 1 is 1.03 bits per heavy atom. The molecule has 1 aliphatic heterocycles. The van der Waals surface area contributed by atoms with Crippen LogP contribution >= 0.6 is 24.8 Å². The summed E-state index contributed by atoms with van der Waals surface area (Å²) in [6.07, 6.45) is 0.560. The number of anilines is 2. The van der Waals surface area contributed by atoms with E-state index in [9.17, 15) is 4.79 Å². The van der Waals surface area contributed by atoms with E-state index in [0.29, 0.717) is 12.5 Å². The fraction of sp³-hybridized carbons (Fsp3) is 0.407. The first kappa shape index (κ1) is 28.7. The molecule has 0 radical (unpaired) electrons. The number of benzene rings is 2. The molecule has 1 aliphatic rings. The summed E-state index contributed by atoms with van der Waals surface area (Å²) in [7, 11) is 0. The zero-order chi connectivity index (χ0) is 23.2. The number of carbonyl (C=O) groups excluding carboxylic acids is 1. The molecule has 35 heavy (non-hydrogen) atoms. The van der Waals surface area contributed by atoms with Gasteiger partial charge in [0.15, 0.2) is 0 Å². The van der Waals surface area contributed by atoms with Gasteiger partial charge < -0.3 is 9.64 Å². The molecule has 0 atom stereocenters. The van der Waals surface area contributed by atoms with E-state index in [-0.39, 0.29) is 24.8 Å². The third kappa shape index (κ3) is 7.99. The van der Waals surface area contributed by atoms with Crippen molar-refractivity contribution in [3.8, 4) is 0 Å². The van der Waals surface area contributed by atoms with Crippen LogP contribution in [0.15, 0.2) is 54.6 Å². The van der Waals surface area contributed by atoms with Crippen LogP contribution in [0.1, 0.15) is 25.1 Å². The molecule has 2 heterocycles. The minimum atomic E-state index is -0.393. The van der Waals surface area contributed by atoms with E-state index >= 15 is 0 Å². The van der Waals surface area contributed by atoms with Gasteiger partial charge in [-0.15, -0.1) is 24.8 Å². The third-order valence-corrected chi connectivity index (χ3v) is 6.00. The van der Waals surface area contributed by atoms with Crippen LogP contribution in [0.4, 0.5) is 16.2 Å². The highest BCUT2D eigenvalue weighted by Crippen LogP contribution is 2.27.